The second-order valence-corrected chi connectivity index (χ2v) is 4.91. The molecule has 1 aliphatic rings. The largest absolute Gasteiger partial charge is 0.496 e. The standard InChI is InChI=1S/C14H18F4N2O/c1-21-13-8-10(14(16,17)18)2-3-11(13)12(9-15)20-6-4-19-5-7-20/h2-3,8,12,19H,4-7,9H2,1H3/t12-/m1/s1. The van der Waals surface area contributed by atoms with Crippen molar-refractivity contribution in [2.75, 3.05) is 40.0 Å². The van der Waals surface area contributed by atoms with Crippen molar-refractivity contribution in [3.8, 4) is 5.75 Å². The Kier molecular flexibility index (Phi) is 5.05. The van der Waals surface area contributed by atoms with Crippen LogP contribution in [-0.2, 0) is 6.18 Å². The lowest BCUT2D eigenvalue weighted by Crippen LogP contribution is -2.45. The zero-order chi connectivity index (χ0) is 15.5. The predicted octanol–water partition coefficient (Wildman–Crippen LogP) is 2.63. The van der Waals surface area contributed by atoms with Gasteiger partial charge in [-0.05, 0) is 12.1 Å². The fraction of sp³-hybridized carbons (Fsp3) is 0.571. The molecule has 0 radical (unpaired) electrons. The van der Waals surface area contributed by atoms with E-state index in [9.17, 15) is 17.6 Å². The Bertz CT molecular complexity index is 473. The Labute approximate surface area is 120 Å². The van der Waals surface area contributed by atoms with Gasteiger partial charge in [0.2, 0.25) is 0 Å². The van der Waals surface area contributed by atoms with Crippen molar-refractivity contribution in [2.24, 2.45) is 0 Å². The van der Waals surface area contributed by atoms with Gasteiger partial charge in [0, 0.05) is 31.7 Å². The lowest BCUT2D eigenvalue weighted by Gasteiger charge is -2.34. The van der Waals surface area contributed by atoms with E-state index in [-0.39, 0.29) is 5.75 Å². The van der Waals surface area contributed by atoms with E-state index in [1.165, 1.54) is 13.2 Å². The van der Waals surface area contributed by atoms with Crippen LogP contribution in [0.25, 0.3) is 0 Å². The van der Waals surface area contributed by atoms with Crippen molar-refractivity contribution in [3.63, 3.8) is 0 Å². The summed E-state index contributed by atoms with van der Waals surface area (Å²) >= 11 is 0. The molecule has 1 atom stereocenters. The summed E-state index contributed by atoms with van der Waals surface area (Å²) in [6.45, 7) is 2.11. The molecule has 0 spiro atoms. The average molecular weight is 306 g/mol. The third kappa shape index (κ3) is 3.65. The lowest BCUT2D eigenvalue weighted by molar-refractivity contribution is -0.137. The molecule has 1 fully saturated rings. The Morgan fingerprint density at radius 1 is 1.29 bits per heavy atom. The Morgan fingerprint density at radius 2 is 1.95 bits per heavy atom. The molecule has 1 heterocycles. The fourth-order valence-corrected chi connectivity index (χ4v) is 2.53. The molecular weight excluding hydrogens is 288 g/mol. The summed E-state index contributed by atoms with van der Waals surface area (Å²) in [5.74, 6) is 0.0750. The number of rotatable bonds is 4. The van der Waals surface area contributed by atoms with Crippen molar-refractivity contribution < 1.29 is 22.3 Å². The quantitative estimate of drug-likeness (QED) is 0.866. The molecule has 0 aromatic heterocycles. The number of alkyl halides is 4. The molecule has 0 bridgehead atoms. The summed E-state index contributed by atoms with van der Waals surface area (Å²) in [7, 11) is 1.30. The Balaban J connectivity index is 2.32. The molecule has 0 unspecified atom stereocenters. The van der Waals surface area contributed by atoms with Gasteiger partial charge < -0.3 is 10.1 Å². The summed E-state index contributed by atoms with van der Waals surface area (Å²) in [4.78, 5) is 1.92. The summed E-state index contributed by atoms with van der Waals surface area (Å²) in [5.41, 5.74) is -0.337. The molecule has 1 N–H and O–H groups in total. The van der Waals surface area contributed by atoms with Crippen LogP contribution >= 0.6 is 0 Å². The van der Waals surface area contributed by atoms with Crippen LogP contribution in [0.2, 0.25) is 0 Å². The third-order valence-electron chi connectivity index (χ3n) is 3.66. The van der Waals surface area contributed by atoms with E-state index in [0.29, 0.717) is 18.7 Å². The fourth-order valence-electron chi connectivity index (χ4n) is 2.53. The van der Waals surface area contributed by atoms with Gasteiger partial charge in [0.15, 0.2) is 0 Å². The SMILES string of the molecule is COc1cc(C(F)(F)F)ccc1[C@@H](CF)N1CCNCC1. The van der Waals surface area contributed by atoms with E-state index in [1.807, 2.05) is 4.90 Å². The highest BCUT2D eigenvalue weighted by Crippen LogP contribution is 2.36. The van der Waals surface area contributed by atoms with E-state index < -0.39 is 24.5 Å². The number of nitrogens with one attached hydrogen (secondary N) is 1. The van der Waals surface area contributed by atoms with Crippen molar-refractivity contribution >= 4 is 0 Å². The highest BCUT2D eigenvalue weighted by atomic mass is 19.4. The number of halogens is 4. The monoisotopic (exact) mass is 306 g/mol. The van der Waals surface area contributed by atoms with Crippen molar-refractivity contribution in [1.29, 1.82) is 0 Å². The van der Waals surface area contributed by atoms with Crippen LogP contribution in [0.4, 0.5) is 17.6 Å². The first-order chi connectivity index (χ1) is 9.97. The first-order valence-corrected chi connectivity index (χ1v) is 6.73. The van der Waals surface area contributed by atoms with E-state index in [0.717, 1.165) is 25.2 Å². The average Bonchev–Trinajstić information content (AvgIpc) is 2.48. The molecule has 7 heteroatoms. The maximum Gasteiger partial charge on any atom is 0.416 e. The molecule has 0 amide bonds. The molecule has 118 valence electrons. The van der Waals surface area contributed by atoms with Crippen LogP contribution in [0.1, 0.15) is 17.2 Å². The minimum absolute atomic E-state index is 0.0750. The number of benzene rings is 1. The van der Waals surface area contributed by atoms with Gasteiger partial charge in [0.05, 0.1) is 18.7 Å². The summed E-state index contributed by atoms with van der Waals surface area (Å²) < 4.78 is 56.7. The molecule has 1 saturated heterocycles. The van der Waals surface area contributed by atoms with E-state index in [1.54, 1.807) is 0 Å². The molecule has 1 aliphatic heterocycles. The van der Waals surface area contributed by atoms with E-state index in [2.05, 4.69) is 5.32 Å². The number of hydrogen-bond donors (Lipinski definition) is 1. The summed E-state index contributed by atoms with van der Waals surface area (Å²) in [6.07, 6.45) is -4.44. The van der Waals surface area contributed by atoms with Crippen LogP contribution in [-0.4, -0.2) is 44.9 Å². The third-order valence-corrected chi connectivity index (χ3v) is 3.66. The first kappa shape index (κ1) is 16.0. The topological polar surface area (TPSA) is 24.5 Å². The zero-order valence-electron chi connectivity index (χ0n) is 11.7. The van der Waals surface area contributed by atoms with Crippen LogP contribution in [0.15, 0.2) is 18.2 Å². The zero-order valence-corrected chi connectivity index (χ0v) is 11.7. The highest BCUT2D eigenvalue weighted by Gasteiger charge is 2.33. The smallest absolute Gasteiger partial charge is 0.416 e. The second kappa shape index (κ2) is 6.62. The number of methoxy groups -OCH3 is 1. The van der Waals surface area contributed by atoms with Gasteiger partial charge in [0.25, 0.3) is 0 Å². The predicted molar refractivity (Wildman–Crippen MR) is 71.2 cm³/mol. The van der Waals surface area contributed by atoms with Crippen LogP contribution in [0, 0.1) is 0 Å². The van der Waals surface area contributed by atoms with Crippen molar-refractivity contribution in [3.05, 3.63) is 29.3 Å². The van der Waals surface area contributed by atoms with E-state index >= 15 is 0 Å². The number of hydrogen-bond acceptors (Lipinski definition) is 3. The van der Waals surface area contributed by atoms with Crippen molar-refractivity contribution in [2.45, 2.75) is 12.2 Å². The highest BCUT2D eigenvalue weighted by molar-refractivity contribution is 5.41. The minimum Gasteiger partial charge on any atom is -0.496 e. The number of piperazine rings is 1. The summed E-state index contributed by atoms with van der Waals surface area (Å²) in [5, 5.41) is 3.16. The maximum absolute atomic E-state index is 13.4. The molecule has 1 aromatic rings. The molecule has 0 aliphatic carbocycles. The van der Waals surface area contributed by atoms with Gasteiger partial charge in [0.1, 0.15) is 12.4 Å². The molecule has 0 saturated carbocycles. The normalized spacial score (nSPS) is 18.5. The van der Waals surface area contributed by atoms with Gasteiger partial charge in [-0.15, -0.1) is 0 Å². The Morgan fingerprint density at radius 3 is 2.48 bits per heavy atom. The molecular formula is C14H18F4N2O. The van der Waals surface area contributed by atoms with Gasteiger partial charge >= 0.3 is 6.18 Å². The van der Waals surface area contributed by atoms with Crippen LogP contribution in [0.3, 0.4) is 0 Å². The lowest BCUT2D eigenvalue weighted by atomic mass is 10.0. The number of nitrogens with zero attached hydrogens (tertiary/aromatic N) is 1. The number of ether oxygens (including phenoxy) is 1. The Hall–Kier alpha value is -1.34. The molecule has 2 rings (SSSR count). The van der Waals surface area contributed by atoms with Crippen LogP contribution in [0.5, 0.6) is 5.75 Å². The van der Waals surface area contributed by atoms with Crippen LogP contribution < -0.4 is 10.1 Å². The molecule has 3 nitrogen and oxygen atoms in total. The van der Waals surface area contributed by atoms with E-state index in [4.69, 9.17) is 4.74 Å². The van der Waals surface area contributed by atoms with Gasteiger partial charge in [-0.1, -0.05) is 6.07 Å². The molecule has 21 heavy (non-hydrogen) atoms. The van der Waals surface area contributed by atoms with Gasteiger partial charge in [-0.2, -0.15) is 13.2 Å². The maximum atomic E-state index is 13.4. The van der Waals surface area contributed by atoms with Gasteiger partial charge in [-0.3, -0.25) is 4.90 Å². The minimum atomic E-state index is -4.44. The van der Waals surface area contributed by atoms with Gasteiger partial charge in [-0.25, -0.2) is 4.39 Å². The first-order valence-electron chi connectivity index (χ1n) is 6.73. The second-order valence-electron chi connectivity index (χ2n) is 4.91. The molecule has 1 aromatic carbocycles. The summed E-state index contributed by atoms with van der Waals surface area (Å²) in [6, 6.07) is 2.64. The van der Waals surface area contributed by atoms with Crippen molar-refractivity contribution in [1.82, 2.24) is 10.2 Å².